The van der Waals surface area contributed by atoms with Gasteiger partial charge in [0.2, 0.25) is 0 Å². The van der Waals surface area contributed by atoms with Gasteiger partial charge in [0.15, 0.2) is 6.61 Å². The Morgan fingerprint density at radius 3 is 2.58 bits per heavy atom. The maximum atomic E-state index is 13.8. The fraction of sp³-hybridized carbons (Fsp3) is 0.143. The number of hydrogen-bond acceptors (Lipinski definition) is 6. The second-order valence-corrected chi connectivity index (χ2v) is 7.35. The first-order valence-corrected chi connectivity index (χ1v) is 9.96. The van der Waals surface area contributed by atoms with E-state index in [0.717, 1.165) is 4.90 Å². The number of nitrogens with two attached hydrogens (primary N) is 1. The van der Waals surface area contributed by atoms with Crippen LogP contribution in [0.3, 0.4) is 0 Å². The molecule has 1 aliphatic rings. The van der Waals surface area contributed by atoms with Crippen molar-refractivity contribution in [3.8, 4) is 5.75 Å². The topological polar surface area (TPSA) is 119 Å². The maximum Gasteiger partial charge on any atom is 0.293 e. The number of carbonyl (C=O) groups excluding carboxylic acids is 4. The van der Waals surface area contributed by atoms with Crippen molar-refractivity contribution in [1.82, 2.24) is 10.2 Å². The number of hydrogen-bond donors (Lipinski definition) is 2. The van der Waals surface area contributed by atoms with Crippen molar-refractivity contribution >= 4 is 40.8 Å². The van der Waals surface area contributed by atoms with E-state index < -0.39 is 28.8 Å². The minimum atomic E-state index is -0.682. The lowest BCUT2D eigenvalue weighted by Gasteiger charge is -2.13. The summed E-state index contributed by atoms with van der Waals surface area (Å²) in [5.41, 5.74) is 5.60. The number of primary amides is 1. The van der Waals surface area contributed by atoms with Crippen LogP contribution in [0.4, 0.5) is 9.18 Å². The van der Waals surface area contributed by atoms with E-state index in [2.05, 4.69) is 5.32 Å². The first kappa shape index (κ1) is 22.0. The molecule has 2 aromatic carbocycles. The van der Waals surface area contributed by atoms with Crippen LogP contribution < -0.4 is 15.8 Å². The molecule has 0 aliphatic carbocycles. The fourth-order valence-corrected chi connectivity index (χ4v) is 3.58. The summed E-state index contributed by atoms with van der Waals surface area (Å²) in [6.07, 6.45) is 1.32. The third-order valence-corrected chi connectivity index (χ3v) is 5.14. The van der Waals surface area contributed by atoms with Gasteiger partial charge in [0.1, 0.15) is 11.6 Å². The zero-order valence-corrected chi connectivity index (χ0v) is 17.0. The second-order valence-electron chi connectivity index (χ2n) is 6.35. The summed E-state index contributed by atoms with van der Waals surface area (Å²) in [6, 6.07) is 12.1. The van der Waals surface area contributed by atoms with Gasteiger partial charge in [-0.15, -0.1) is 0 Å². The van der Waals surface area contributed by atoms with Crippen molar-refractivity contribution in [1.29, 1.82) is 0 Å². The molecule has 3 rings (SSSR count). The summed E-state index contributed by atoms with van der Waals surface area (Å²) in [5.74, 6) is -2.07. The van der Waals surface area contributed by atoms with Gasteiger partial charge in [0.05, 0.1) is 10.5 Å². The quantitative estimate of drug-likeness (QED) is 0.604. The average Bonchev–Trinajstić information content (AvgIpc) is 3.01. The molecule has 1 aliphatic heterocycles. The molecule has 4 amide bonds. The Hall–Kier alpha value is -3.66. The highest BCUT2D eigenvalue weighted by Crippen LogP contribution is 2.32. The van der Waals surface area contributed by atoms with Crippen LogP contribution in [0.5, 0.6) is 5.75 Å². The van der Waals surface area contributed by atoms with Gasteiger partial charge in [-0.05, 0) is 36.0 Å². The summed E-state index contributed by atoms with van der Waals surface area (Å²) >= 11 is 0.707. The Labute approximate surface area is 181 Å². The highest BCUT2D eigenvalue weighted by atomic mass is 32.2. The van der Waals surface area contributed by atoms with Crippen molar-refractivity contribution in [3.05, 3.63) is 70.4 Å². The van der Waals surface area contributed by atoms with E-state index in [1.54, 1.807) is 18.2 Å². The average molecular weight is 443 g/mol. The van der Waals surface area contributed by atoms with Crippen LogP contribution >= 0.6 is 11.8 Å². The highest BCUT2D eigenvalue weighted by molar-refractivity contribution is 8.18. The Kier molecular flexibility index (Phi) is 7.03. The van der Waals surface area contributed by atoms with E-state index in [9.17, 15) is 23.6 Å². The molecular weight excluding hydrogens is 425 g/mol. The molecule has 0 spiro atoms. The van der Waals surface area contributed by atoms with Gasteiger partial charge in [-0.2, -0.15) is 0 Å². The minimum absolute atomic E-state index is 0.00464. The first-order valence-electron chi connectivity index (χ1n) is 9.15. The second kappa shape index (κ2) is 9.90. The number of halogens is 1. The van der Waals surface area contributed by atoms with Crippen molar-refractivity contribution in [2.24, 2.45) is 5.73 Å². The molecule has 31 heavy (non-hydrogen) atoms. The summed E-state index contributed by atoms with van der Waals surface area (Å²) in [7, 11) is 0. The third kappa shape index (κ3) is 5.48. The summed E-state index contributed by atoms with van der Waals surface area (Å²) in [5, 5.41) is 2.02. The number of thioether (sulfide) groups is 1. The Balaban J connectivity index is 1.51. The maximum absolute atomic E-state index is 13.8. The predicted molar refractivity (Wildman–Crippen MR) is 113 cm³/mol. The molecular formula is C21H18FN3O5S. The Morgan fingerprint density at radius 2 is 1.84 bits per heavy atom. The van der Waals surface area contributed by atoms with E-state index in [1.807, 2.05) is 0 Å². The highest BCUT2D eigenvalue weighted by Gasteiger charge is 2.34. The molecule has 3 N–H and O–H groups in total. The third-order valence-electron chi connectivity index (χ3n) is 4.23. The number of nitrogens with one attached hydrogen (secondary N) is 1. The standard InChI is InChI=1S/C21H18FN3O5S/c22-15-7-3-1-5-13(15)11-17-20(28)25(21(29)31-17)10-9-24-18(26)12-30-16-8-4-2-6-14(16)19(23)27/h1-8,11H,9-10,12H2,(H2,23,27)(H,24,26)/b17-11-. The molecule has 0 bridgehead atoms. The number of benzene rings is 2. The summed E-state index contributed by atoms with van der Waals surface area (Å²) in [6.45, 7) is -0.424. The van der Waals surface area contributed by atoms with E-state index in [-0.39, 0.29) is 41.5 Å². The molecule has 0 saturated carbocycles. The van der Waals surface area contributed by atoms with Gasteiger partial charge in [-0.25, -0.2) is 4.39 Å². The molecule has 160 valence electrons. The van der Waals surface area contributed by atoms with Crippen LogP contribution in [0, 0.1) is 5.82 Å². The Bertz CT molecular complexity index is 1070. The molecule has 2 aromatic rings. The van der Waals surface area contributed by atoms with Crippen LogP contribution in [0.2, 0.25) is 0 Å². The van der Waals surface area contributed by atoms with Gasteiger partial charge in [-0.3, -0.25) is 24.1 Å². The molecule has 10 heteroatoms. The van der Waals surface area contributed by atoms with Crippen LogP contribution in [-0.4, -0.2) is 47.6 Å². The van der Waals surface area contributed by atoms with E-state index in [4.69, 9.17) is 10.5 Å². The lowest BCUT2D eigenvalue weighted by molar-refractivity contribution is -0.125. The van der Waals surface area contributed by atoms with Gasteiger partial charge in [0.25, 0.3) is 23.0 Å². The van der Waals surface area contributed by atoms with Crippen LogP contribution in [-0.2, 0) is 9.59 Å². The number of ether oxygens (including phenoxy) is 1. The van der Waals surface area contributed by atoms with Crippen LogP contribution in [0.1, 0.15) is 15.9 Å². The summed E-state index contributed by atoms with van der Waals surface area (Å²) < 4.78 is 19.1. The molecule has 1 saturated heterocycles. The smallest absolute Gasteiger partial charge is 0.293 e. The van der Waals surface area contributed by atoms with Gasteiger partial charge in [-0.1, -0.05) is 30.3 Å². The predicted octanol–water partition coefficient (Wildman–Crippen LogP) is 2.16. The zero-order valence-electron chi connectivity index (χ0n) is 16.2. The van der Waals surface area contributed by atoms with Crippen LogP contribution in [0.25, 0.3) is 6.08 Å². The number of rotatable bonds is 8. The zero-order chi connectivity index (χ0) is 22.4. The molecule has 0 unspecified atom stereocenters. The molecule has 8 nitrogen and oxygen atoms in total. The summed E-state index contributed by atoms with van der Waals surface area (Å²) in [4.78, 5) is 49.0. The van der Waals surface area contributed by atoms with E-state index >= 15 is 0 Å². The number of amides is 4. The first-order chi connectivity index (χ1) is 14.9. The van der Waals surface area contributed by atoms with Crippen molar-refractivity contribution in [3.63, 3.8) is 0 Å². The fourth-order valence-electron chi connectivity index (χ4n) is 2.72. The number of imide groups is 1. The Morgan fingerprint density at radius 1 is 1.13 bits per heavy atom. The van der Waals surface area contributed by atoms with Gasteiger partial charge >= 0.3 is 0 Å². The van der Waals surface area contributed by atoms with Crippen LogP contribution in [0.15, 0.2) is 53.4 Å². The van der Waals surface area contributed by atoms with Gasteiger partial charge in [0, 0.05) is 18.7 Å². The number of para-hydroxylation sites is 1. The number of carbonyl (C=O) groups is 4. The minimum Gasteiger partial charge on any atom is -0.483 e. The largest absolute Gasteiger partial charge is 0.483 e. The van der Waals surface area contributed by atoms with Crippen molar-refractivity contribution < 1.29 is 28.3 Å². The lowest BCUT2D eigenvalue weighted by Crippen LogP contribution is -2.38. The van der Waals surface area contributed by atoms with E-state index in [1.165, 1.54) is 36.4 Å². The number of nitrogens with zero attached hydrogens (tertiary/aromatic N) is 1. The van der Waals surface area contributed by atoms with E-state index in [0.29, 0.717) is 11.8 Å². The molecule has 0 atom stereocenters. The van der Waals surface area contributed by atoms with Crippen molar-refractivity contribution in [2.45, 2.75) is 0 Å². The molecule has 0 radical (unpaired) electrons. The molecule has 1 heterocycles. The monoisotopic (exact) mass is 443 g/mol. The normalized spacial score (nSPS) is 14.7. The molecule has 0 aromatic heterocycles. The van der Waals surface area contributed by atoms with Crippen molar-refractivity contribution in [2.75, 3.05) is 19.7 Å². The van der Waals surface area contributed by atoms with Gasteiger partial charge < -0.3 is 15.8 Å². The molecule has 1 fully saturated rings. The SMILES string of the molecule is NC(=O)c1ccccc1OCC(=O)NCCN1C(=O)S/C(=C\c2ccccc2F)C1=O. The lowest BCUT2D eigenvalue weighted by atomic mass is 10.2.